The Morgan fingerprint density at radius 3 is 2.63 bits per heavy atom. The topological polar surface area (TPSA) is 71.2 Å². The smallest absolute Gasteiger partial charge is 0.329 e. The van der Waals surface area contributed by atoms with Crippen molar-refractivity contribution in [2.75, 3.05) is 19.8 Å². The highest BCUT2D eigenvalue weighted by Crippen LogP contribution is 2.45. The predicted molar refractivity (Wildman–Crippen MR) is 105 cm³/mol. The lowest BCUT2D eigenvalue weighted by molar-refractivity contribution is -0.118. The van der Waals surface area contributed by atoms with E-state index in [4.69, 9.17) is 9.47 Å². The molecule has 9 heteroatoms. The van der Waals surface area contributed by atoms with Gasteiger partial charge in [0.05, 0.1) is 46.9 Å². The van der Waals surface area contributed by atoms with Crippen LogP contribution >= 0.6 is 0 Å². The van der Waals surface area contributed by atoms with E-state index in [-0.39, 0.29) is 23.6 Å². The zero-order valence-electron chi connectivity index (χ0n) is 16.2. The van der Waals surface area contributed by atoms with Crippen molar-refractivity contribution in [3.05, 3.63) is 52.3 Å². The normalized spacial score (nSPS) is 16.8. The third-order valence-corrected chi connectivity index (χ3v) is 6.09. The Labute approximate surface area is 168 Å². The second kappa shape index (κ2) is 5.63. The highest BCUT2D eigenvalue weighted by atomic mass is 19.1. The number of aryl methyl sites for hydroxylation is 2. The SMILES string of the molecule is Cc1cc(-c2c(F)cc3ncc4c5c3c2OCC2(COC2)n5c(=O)n4C)cnc1F. The van der Waals surface area contributed by atoms with Gasteiger partial charge in [-0.15, -0.1) is 0 Å². The van der Waals surface area contributed by atoms with Gasteiger partial charge in [-0.25, -0.2) is 14.2 Å². The molecule has 2 aliphatic rings. The van der Waals surface area contributed by atoms with Gasteiger partial charge in [0.2, 0.25) is 5.95 Å². The molecule has 4 aromatic rings. The minimum atomic E-state index is -0.672. The maximum Gasteiger partial charge on any atom is 0.329 e. The molecule has 0 unspecified atom stereocenters. The summed E-state index contributed by atoms with van der Waals surface area (Å²) in [6.07, 6.45) is 2.85. The van der Waals surface area contributed by atoms with E-state index in [0.29, 0.717) is 46.3 Å². The number of rotatable bonds is 1. The zero-order chi connectivity index (χ0) is 20.8. The molecule has 1 fully saturated rings. The average Bonchev–Trinajstić information content (AvgIpc) is 2.85. The molecule has 0 atom stereocenters. The maximum atomic E-state index is 15.3. The van der Waals surface area contributed by atoms with Crippen molar-refractivity contribution >= 4 is 21.9 Å². The van der Waals surface area contributed by atoms with Crippen molar-refractivity contribution in [2.24, 2.45) is 7.05 Å². The summed E-state index contributed by atoms with van der Waals surface area (Å²) in [5, 5.41) is 0.548. The molecule has 7 nitrogen and oxygen atoms in total. The number of pyridine rings is 2. The third kappa shape index (κ3) is 2.02. The fourth-order valence-corrected chi connectivity index (χ4v) is 4.45. The van der Waals surface area contributed by atoms with Gasteiger partial charge in [0, 0.05) is 30.4 Å². The number of ether oxygens (including phenoxy) is 2. The summed E-state index contributed by atoms with van der Waals surface area (Å²) in [5.41, 5.74) is 1.62. The first-order valence-electron chi connectivity index (χ1n) is 9.47. The Hall–Kier alpha value is -3.33. The molecule has 0 saturated carbocycles. The molecule has 5 heterocycles. The van der Waals surface area contributed by atoms with Gasteiger partial charge in [-0.05, 0) is 13.0 Å². The van der Waals surface area contributed by atoms with Crippen LogP contribution in [0, 0.1) is 18.7 Å². The summed E-state index contributed by atoms with van der Waals surface area (Å²) >= 11 is 0. The molecule has 1 aromatic carbocycles. The molecule has 0 bridgehead atoms. The monoisotopic (exact) mass is 410 g/mol. The molecule has 2 aliphatic heterocycles. The number of hydrogen-bond acceptors (Lipinski definition) is 5. The van der Waals surface area contributed by atoms with E-state index >= 15 is 4.39 Å². The second-order valence-corrected chi connectivity index (χ2v) is 7.96. The van der Waals surface area contributed by atoms with Gasteiger partial charge in [0.1, 0.15) is 23.7 Å². The van der Waals surface area contributed by atoms with Crippen LogP contribution in [0.4, 0.5) is 8.78 Å². The quantitative estimate of drug-likeness (QED) is 0.451. The summed E-state index contributed by atoms with van der Waals surface area (Å²) in [7, 11) is 1.68. The molecule has 0 N–H and O–H groups in total. The lowest BCUT2D eigenvalue weighted by atomic mass is 9.98. The first-order chi connectivity index (χ1) is 14.4. The average molecular weight is 410 g/mol. The fraction of sp³-hybridized carbons (Fsp3) is 0.286. The van der Waals surface area contributed by atoms with Crippen molar-refractivity contribution < 1.29 is 18.3 Å². The van der Waals surface area contributed by atoms with Crippen LogP contribution in [0.25, 0.3) is 33.1 Å². The van der Waals surface area contributed by atoms with E-state index in [0.717, 1.165) is 0 Å². The summed E-state index contributed by atoms with van der Waals surface area (Å²) in [5.74, 6) is -0.889. The Bertz CT molecular complexity index is 1450. The lowest BCUT2D eigenvalue weighted by Crippen LogP contribution is -2.58. The van der Waals surface area contributed by atoms with Crippen LogP contribution in [0.1, 0.15) is 5.56 Å². The molecule has 0 radical (unpaired) electrons. The molecule has 1 spiro atoms. The zero-order valence-corrected chi connectivity index (χ0v) is 16.2. The van der Waals surface area contributed by atoms with E-state index in [1.54, 1.807) is 24.7 Å². The molecule has 30 heavy (non-hydrogen) atoms. The molecule has 1 saturated heterocycles. The number of aromatic nitrogens is 4. The van der Waals surface area contributed by atoms with Crippen LogP contribution in [0.5, 0.6) is 5.75 Å². The Morgan fingerprint density at radius 1 is 1.13 bits per heavy atom. The summed E-state index contributed by atoms with van der Waals surface area (Å²) in [6.45, 7) is 2.34. The first kappa shape index (κ1) is 17.5. The molecular weight excluding hydrogens is 394 g/mol. The van der Waals surface area contributed by atoms with E-state index in [1.807, 2.05) is 0 Å². The van der Waals surface area contributed by atoms with Crippen LogP contribution < -0.4 is 10.4 Å². The number of fused-ring (bicyclic) bond motifs is 1. The summed E-state index contributed by atoms with van der Waals surface area (Å²) in [4.78, 5) is 21.2. The van der Waals surface area contributed by atoms with Crippen molar-refractivity contribution in [3.63, 3.8) is 0 Å². The highest BCUT2D eigenvalue weighted by molar-refractivity contribution is 6.09. The number of hydrogen-bond donors (Lipinski definition) is 0. The van der Waals surface area contributed by atoms with Crippen molar-refractivity contribution in [1.29, 1.82) is 0 Å². The molecule has 3 aromatic heterocycles. The summed E-state index contributed by atoms with van der Waals surface area (Å²) < 4.78 is 43.8. The summed E-state index contributed by atoms with van der Waals surface area (Å²) in [6, 6.07) is 2.85. The second-order valence-electron chi connectivity index (χ2n) is 7.96. The molecule has 152 valence electrons. The third-order valence-electron chi connectivity index (χ3n) is 6.09. The minimum Gasteiger partial charge on any atom is -0.489 e. The first-order valence-corrected chi connectivity index (χ1v) is 9.47. The standard InChI is InChI=1S/C21H16F2N4O3/c1-10-3-11(5-25-19(10)23)15-12(22)4-13-16-17-14(6-24-13)26(2)20(28)27(17)21(7-29-8-21)9-30-18(15)16/h3-6H,7-9H2,1-2H3. The van der Waals surface area contributed by atoms with Crippen molar-refractivity contribution in [2.45, 2.75) is 12.5 Å². The van der Waals surface area contributed by atoms with Gasteiger partial charge < -0.3 is 9.47 Å². The van der Waals surface area contributed by atoms with Crippen LogP contribution in [0.2, 0.25) is 0 Å². The maximum absolute atomic E-state index is 15.3. The molecule has 0 amide bonds. The largest absolute Gasteiger partial charge is 0.489 e. The van der Waals surface area contributed by atoms with E-state index < -0.39 is 17.3 Å². The van der Waals surface area contributed by atoms with Crippen molar-refractivity contribution in [3.8, 4) is 16.9 Å². The van der Waals surface area contributed by atoms with E-state index in [2.05, 4.69) is 9.97 Å². The Balaban J connectivity index is 1.80. The van der Waals surface area contributed by atoms with Crippen LogP contribution in [0.3, 0.4) is 0 Å². The van der Waals surface area contributed by atoms with Gasteiger partial charge in [-0.1, -0.05) is 0 Å². The molecular formula is C21H16F2N4O3. The number of imidazole rings is 1. The van der Waals surface area contributed by atoms with E-state index in [1.165, 1.54) is 22.9 Å². The number of nitrogens with zero attached hydrogens (tertiary/aromatic N) is 4. The Kier molecular flexibility index (Phi) is 3.29. The van der Waals surface area contributed by atoms with Crippen LogP contribution in [-0.2, 0) is 17.3 Å². The number of halogens is 2. The molecule has 0 aliphatic carbocycles. The van der Waals surface area contributed by atoms with Crippen LogP contribution in [-0.4, -0.2) is 38.9 Å². The van der Waals surface area contributed by atoms with Gasteiger partial charge in [0.25, 0.3) is 0 Å². The fourth-order valence-electron chi connectivity index (χ4n) is 4.45. The lowest BCUT2D eigenvalue weighted by Gasteiger charge is -2.40. The minimum absolute atomic E-state index is 0.139. The van der Waals surface area contributed by atoms with Crippen LogP contribution in [0.15, 0.2) is 29.3 Å². The number of benzene rings is 1. The van der Waals surface area contributed by atoms with E-state index in [9.17, 15) is 9.18 Å². The Morgan fingerprint density at radius 2 is 1.93 bits per heavy atom. The van der Waals surface area contributed by atoms with Gasteiger partial charge >= 0.3 is 5.69 Å². The van der Waals surface area contributed by atoms with Gasteiger partial charge in [-0.2, -0.15) is 4.39 Å². The molecule has 6 rings (SSSR count). The van der Waals surface area contributed by atoms with Crippen molar-refractivity contribution in [1.82, 2.24) is 19.1 Å². The predicted octanol–water partition coefficient (Wildman–Crippen LogP) is 2.65. The van der Waals surface area contributed by atoms with Gasteiger partial charge in [0.15, 0.2) is 0 Å². The van der Waals surface area contributed by atoms with Gasteiger partial charge in [-0.3, -0.25) is 14.1 Å². The highest BCUT2D eigenvalue weighted by Gasteiger charge is 2.46.